The lowest BCUT2D eigenvalue weighted by Crippen LogP contribution is -2.55. The van der Waals surface area contributed by atoms with E-state index in [0.717, 1.165) is 0 Å². The van der Waals surface area contributed by atoms with Crippen LogP contribution < -0.4 is 0 Å². The van der Waals surface area contributed by atoms with Crippen LogP contribution in [0, 0.1) is 0 Å². The van der Waals surface area contributed by atoms with E-state index in [9.17, 15) is 18.0 Å². The van der Waals surface area contributed by atoms with E-state index in [4.69, 9.17) is 5.11 Å². The largest absolute Gasteiger partial charge is 0.480 e. The zero-order valence-corrected chi connectivity index (χ0v) is 9.00. The fourth-order valence-corrected chi connectivity index (χ4v) is 1.87. The molecule has 1 N–H and O–H groups in total. The highest BCUT2D eigenvalue weighted by Gasteiger charge is 2.35. The first-order chi connectivity index (χ1) is 7.28. The maximum absolute atomic E-state index is 12.2. The van der Waals surface area contributed by atoms with Gasteiger partial charge in [-0.05, 0) is 6.92 Å². The first-order valence-corrected chi connectivity index (χ1v) is 5.03. The van der Waals surface area contributed by atoms with E-state index in [1.165, 1.54) is 4.90 Å². The predicted octanol–water partition coefficient (Wildman–Crippen LogP) is 0.639. The number of rotatable bonds is 3. The summed E-state index contributed by atoms with van der Waals surface area (Å²) in [5.74, 6) is -0.948. The Morgan fingerprint density at radius 1 is 1.44 bits per heavy atom. The molecule has 0 bridgehead atoms. The van der Waals surface area contributed by atoms with Gasteiger partial charge in [-0.15, -0.1) is 0 Å². The van der Waals surface area contributed by atoms with Crippen molar-refractivity contribution in [2.75, 3.05) is 32.7 Å². The summed E-state index contributed by atoms with van der Waals surface area (Å²) in [7, 11) is 0. The molecule has 0 saturated carbocycles. The number of piperazine rings is 1. The SMILES string of the molecule is CC1CN(CC(=O)O)CCN1CC(F)(F)F. The van der Waals surface area contributed by atoms with Gasteiger partial charge in [0.1, 0.15) is 0 Å². The molecule has 7 heteroatoms. The number of carboxylic acids is 1. The Hall–Kier alpha value is -0.820. The first kappa shape index (κ1) is 13.2. The number of alkyl halides is 3. The van der Waals surface area contributed by atoms with Crippen LogP contribution in [0.15, 0.2) is 0 Å². The number of aliphatic carboxylic acids is 1. The summed E-state index contributed by atoms with van der Waals surface area (Å²) in [6.07, 6.45) is -4.19. The molecule has 1 aliphatic rings. The van der Waals surface area contributed by atoms with Gasteiger partial charge in [-0.2, -0.15) is 13.2 Å². The molecular formula is C9H15F3N2O2. The molecule has 0 aliphatic carbocycles. The number of carboxylic acid groups (broad SMARTS) is 1. The van der Waals surface area contributed by atoms with Gasteiger partial charge >= 0.3 is 12.1 Å². The molecular weight excluding hydrogens is 225 g/mol. The van der Waals surface area contributed by atoms with Gasteiger partial charge in [0.2, 0.25) is 0 Å². The fourth-order valence-electron chi connectivity index (χ4n) is 1.87. The van der Waals surface area contributed by atoms with Crippen molar-refractivity contribution in [1.82, 2.24) is 9.80 Å². The van der Waals surface area contributed by atoms with Crippen molar-refractivity contribution < 1.29 is 23.1 Å². The van der Waals surface area contributed by atoms with Gasteiger partial charge in [-0.1, -0.05) is 0 Å². The number of nitrogens with zero attached hydrogens (tertiary/aromatic N) is 2. The number of carbonyl (C=O) groups is 1. The van der Waals surface area contributed by atoms with Crippen LogP contribution >= 0.6 is 0 Å². The van der Waals surface area contributed by atoms with Crippen LogP contribution in [-0.4, -0.2) is 65.8 Å². The topological polar surface area (TPSA) is 43.8 Å². The van der Waals surface area contributed by atoms with E-state index in [-0.39, 0.29) is 19.1 Å². The average Bonchev–Trinajstić information content (AvgIpc) is 2.06. The smallest absolute Gasteiger partial charge is 0.401 e. The molecule has 0 amide bonds. The van der Waals surface area contributed by atoms with Gasteiger partial charge in [-0.3, -0.25) is 14.6 Å². The lowest BCUT2D eigenvalue weighted by molar-refractivity contribution is -0.156. The zero-order valence-electron chi connectivity index (χ0n) is 9.00. The Balaban J connectivity index is 2.43. The van der Waals surface area contributed by atoms with E-state index >= 15 is 0 Å². The minimum atomic E-state index is -4.19. The molecule has 1 atom stereocenters. The Bertz CT molecular complexity index is 258. The molecule has 1 heterocycles. The van der Waals surface area contributed by atoms with E-state index in [1.807, 2.05) is 0 Å². The van der Waals surface area contributed by atoms with Gasteiger partial charge in [0.15, 0.2) is 0 Å². The first-order valence-electron chi connectivity index (χ1n) is 5.03. The van der Waals surface area contributed by atoms with Crippen molar-refractivity contribution in [3.63, 3.8) is 0 Å². The molecule has 0 spiro atoms. The Labute approximate surface area is 91.6 Å². The molecule has 94 valence electrons. The highest BCUT2D eigenvalue weighted by molar-refractivity contribution is 5.69. The maximum atomic E-state index is 12.2. The van der Waals surface area contributed by atoms with Crippen molar-refractivity contribution >= 4 is 5.97 Å². The summed E-state index contributed by atoms with van der Waals surface area (Å²) in [6, 6.07) is -0.269. The van der Waals surface area contributed by atoms with Gasteiger partial charge in [0.05, 0.1) is 13.1 Å². The Kier molecular flexibility index (Phi) is 4.15. The molecule has 1 unspecified atom stereocenters. The molecule has 1 rings (SSSR count). The fraction of sp³-hybridized carbons (Fsp3) is 0.889. The molecule has 1 saturated heterocycles. The van der Waals surface area contributed by atoms with Gasteiger partial charge in [-0.25, -0.2) is 0 Å². The minimum absolute atomic E-state index is 0.107. The summed E-state index contributed by atoms with van der Waals surface area (Å²) in [6.45, 7) is 1.64. The second-order valence-electron chi connectivity index (χ2n) is 4.06. The van der Waals surface area contributed by atoms with E-state index in [0.29, 0.717) is 13.1 Å². The van der Waals surface area contributed by atoms with E-state index in [2.05, 4.69) is 0 Å². The van der Waals surface area contributed by atoms with Crippen LogP contribution in [0.3, 0.4) is 0 Å². The van der Waals surface area contributed by atoms with Crippen molar-refractivity contribution in [2.45, 2.75) is 19.1 Å². The molecule has 0 aromatic heterocycles. The lowest BCUT2D eigenvalue weighted by atomic mass is 10.2. The molecule has 0 aromatic carbocycles. The van der Waals surface area contributed by atoms with Crippen LogP contribution in [0.1, 0.15) is 6.92 Å². The minimum Gasteiger partial charge on any atom is -0.480 e. The standard InChI is InChI=1S/C9H15F3N2O2/c1-7-4-13(5-8(15)16)2-3-14(7)6-9(10,11)12/h7H,2-6H2,1H3,(H,15,16). The molecule has 0 aromatic rings. The van der Waals surface area contributed by atoms with Crippen molar-refractivity contribution in [2.24, 2.45) is 0 Å². The second kappa shape index (κ2) is 5.01. The highest BCUT2D eigenvalue weighted by Crippen LogP contribution is 2.19. The van der Waals surface area contributed by atoms with Crippen molar-refractivity contribution in [1.29, 1.82) is 0 Å². The highest BCUT2D eigenvalue weighted by atomic mass is 19.4. The average molecular weight is 240 g/mol. The maximum Gasteiger partial charge on any atom is 0.401 e. The normalized spacial score (nSPS) is 24.6. The number of hydrogen-bond donors (Lipinski definition) is 1. The predicted molar refractivity (Wildman–Crippen MR) is 51.2 cm³/mol. The number of hydrogen-bond acceptors (Lipinski definition) is 3. The van der Waals surface area contributed by atoms with Crippen LogP contribution in [0.25, 0.3) is 0 Å². The summed E-state index contributed by atoms with van der Waals surface area (Å²) in [5.41, 5.74) is 0. The molecule has 0 radical (unpaired) electrons. The quantitative estimate of drug-likeness (QED) is 0.786. The number of halogens is 3. The van der Waals surface area contributed by atoms with E-state index in [1.54, 1.807) is 11.8 Å². The molecule has 1 aliphatic heterocycles. The van der Waals surface area contributed by atoms with Crippen molar-refractivity contribution in [3.8, 4) is 0 Å². The van der Waals surface area contributed by atoms with Crippen LogP contribution in [-0.2, 0) is 4.79 Å². The van der Waals surface area contributed by atoms with Crippen molar-refractivity contribution in [3.05, 3.63) is 0 Å². The van der Waals surface area contributed by atoms with Gasteiger partial charge < -0.3 is 5.11 Å². The van der Waals surface area contributed by atoms with Crippen LogP contribution in [0.5, 0.6) is 0 Å². The van der Waals surface area contributed by atoms with Gasteiger partial charge in [0, 0.05) is 25.7 Å². The monoisotopic (exact) mass is 240 g/mol. The third kappa shape index (κ3) is 4.36. The van der Waals surface area contributed by atoms with E-state index < -0.39 is 18.7 Å². The molecule has 4 nitrogen and oxygen atoms in total. The van der Waals surface area contributed by atoms with Gasteiger partial charge in [0.25, 0.3) is 0 Å². The molecule has 1 fully saturated rings. The Morgan fingerprint density at radius 2 is 2.06 bits per heavy atom. The molecule has 16 heavy (non-hydrogen) atoms. The second-order valence-corrected chi connectivity index (χ2v) is 4.06. The Morgan fingerprint density at radius 3 is 2.50 bits per heavy atom. The summed E-state index contributed by atoms with van der Waals surface area (Å²) in [5, 5.41) is 8.57. The summed E-state index contributed by atoms with van der Waals surface area (Å²) in [4.78, 5) is 13.4. The summed E-state index contributed by atoms with van der Waals surface area (Å²) >= 11 is 0. The third-order valence-electron chi connectivity index (χ3n) is 2.59. The van der Waals surface area contributed by atoms with Crippen LogP contribution in [0.4, 0.5) is 13.2 Å². The third-order valence-corrected chi connectivity index (χ3v) is 2.59. The zero-order chi connectivity index (χ0) is 12.3. The van der Waals surface area contributed by atoms with Crippen LogP contribution in [0.2, 0.25) is 0 Å². The lowest BCUT2D eigenvalue weighted by Gasteiger charge is -2.39. The summed E-state index contributed by atoms with van der Waals surface area (Å²) < 4.78 is 36.5.